The molecule has 0 spiro atoms. The Kier molecular flexibility index (Phi) is 3.57. The highest BCUT2D eigenvalue weighted by atomic mass is 16.5. The van der Waals surface area contributed by atoms with E-state index in [0.29, 0.717) is 17.0 Å². The van der Waals surface area contributed by atoms with Gasteiger partial charge in [-0.25, -0.2) is 4.79 Å². The lowest BCUT2D eigenvalue weighted by atomic mass is 10.1. The predicted octanol–water partition coefficient (Wildman–Crippen LogP) is 2.45. The summed E-state index contributed by atoms with van der Waals surface area (Å²) in [6.45, 7) is 0. The van der Waals surface area contributed by atoms with Gasteiger partial charge < -0.3 is 14.5 Å². The number of ether oxygens (including phenoxy) is 1. The first kappa shape index (κ1) is 13.8. The van der Waals surface area contributed by atoms with Crippen LogP contribution in [0.2, 0.25) is 0 Å². The Bertz CT molecular complexity index is 882. The maximum absolute atomic E-state index is 12.2. The van der Waals surface area contributed by atoms with Crippen molar-refractivity contribution in [2.45, 2.75) is 0 Å². The van der Waals surface area contributed by atoms with E-state index >= 15 is 0 Å². The first-order chi connectivity index (χ1) is 10.7. The number of nitrogens with one attached hydrogen (secondary N) is 1. The maximum atomic E-state index is 12.2. The van der Waals surface area contributed by atoms with Crippen molar-refractivity contribution in [3.8, 4) is 5.75 Å². The molecule has 0 atom stereocenters. The molecule has 22 heavy (non-hydrogen) atoms. The Hall–Kier alpha value is -3.15. The van der Waals surface area contributed by atoms with Gasteiger partial charge >= 0.3 is 5.63 Å². The van der Waals surface area contributed by atoms with Gasteiger partial charge in [0.15, 0.2) is 0 Å². The molecule has 0 fully saturated rings. The third-order valence-corrected chi connectivity index (χ3v) is 3.13. The van der Waals surface area contributed by atoms with Crippen molar-refractivity contribution < 1.29 is 13.9 Å². The van der Waals surface area contributed by atoms with Crippen LogP contribution in [0.4, 0.5) is 5.69 Å². The lowest BCUT2D eigenvalue weighted by molar-refractivity contribution is 0.102. The first-order valence-corrected chi connectivity index (χ1v) is 6.50. The summed E-state index contributed by atoms with van der Waals surface area (Å²) in [7, 11) is 1.55. The minimum Gasteiger partial charge on any atom is -0.497 e. The molecule has 0 aliphatic carbocycles. The first-order valence-electron chi connectivity index (χ1n) is 6.50. The monoisotopic (exact) mass is 296 g/mol. The molecular weight excluding hydrogens is 284 g/mol. The van der Waals surface area contributed by atoms with E-state index in [9.17, 15) is 9.59 Å². The van der Waals surface area contributed by atoms with Gasteiger partial charge in [0, 0.05) is 23.7 Å². The van der Waals surface area contributed by atoms with E-state index in [2.05, 4.69) is 10.3 Å². The summed E-state index contributed by atoms with van der Waals surface area (Å²) in [6, 6.07) is 9.79. The molecule has 0 aliphatic heterocycles. The van der Waals surface area contributed by atoms with Crippen molar-refractivity contribution in [3.63, 3.8) is 0 Å². The van der Waals surface area contributed by atoms with Crippen molar-refractivity contribution in [2.75, 3.05) is 12.4 Å². The highest BCUT2D eigenvalue weighted by Crippen LogP contribution is 2.27. The second kappa shape index (κ2) is 5.69. The molecule has 0 radical (unpaired) electrons. The van der Waals surface area contributed by atoms with Crippen molar-refractivity contribution >= 4 is 22.5 Å². The number of carbonyl (C=O) groups is 1. The van der Waals surface area contributed by atoms with Crippen molar-refractivity contribution in [2.24, 2.45) is 0 Å². The van der Waals surface area contributed by atoms with Gasteiger partial charge in [-0.15, -0.1) is 0 Å². The van der Waals surface area contributed by atoms with Crippen LogP contribution in [0.15, 0.2) is 58.1 Å². The van der Waals surface area contributed by atoms with Gasteiger partial charge in [0.25, 0.3) is 5.91 Å². The third kappa shape index (κ3) is 2.67. The number of carbonyl (C=O) groups excluding carboxylic acids is 1. The van der Waals surface area contributed by atoms with Gasteiger partial charge in [0.05, 0.1) is 23.9 Å². The standard InChI is InChI=1S/C16H12N2O4/c1-21-12-7-10-3-2-6-17-15(10)13(8-12)18-16(20)11-4-5-14(19)22-9-11/h2-9H,1H3,(H,18,20). The number of aromatic nitrogens is 1. The Morgan fingerprint density at radius 1 is 1.27 bits per heavy atom. The number of pyridine rings is 1. The summed E-state index contributed by atoms with van der Waals surface area (Å²) in [5, 5.41) is 3.60. The molecule has 0 bridgehead atoms. The van der Waals surface area contributed by atoms with Crippen LogP contribution in [0.1, 0.15) is 10.4 Å². The average Bonchev–Trinajstić information content (AvgIpc) is 2.55. The summed E-state index contributed by atoms with van der Waals surface area (Å²) in [6.07, 6.45) is 2.76. The number of methoxy groups -OCH3 is 1. The second-order valence-corrected chi connectivity index (χ2v) is 4.55. The molecule has 110 valence electrons. The molecule has 1 N–H and O–H groups in total. The fraction of sp³-hybridized carbons (Fsp3) is 0.0625. The van der Waals surface area contributed by atoms with Gasteiger partial charge in [0.2, 0.25) is 0 Å². The van der Waals surface area contributed by atoms with Gasteiger partial charge in [-0.3, -0.25) is 9.78 Å². The normalized spacial score (nSPS) is 10.4. The van der Waals surface area contributed by atoms with Crippen LogP contribution in [-0.2, 0) is 0 Å². The molecule has 3 rings (SSSR count). The van der Waals surface area contributed by atoms with Crippen LogP contribution in [-0.4, -0.2) is 18.0 Å². The molecule has 1 amide bonds. The van der Waals surface area contributed by atoms with Crippen LogP contribution in [0, 0.1) is 0 Å². The summed E-state index contributed by atoms with van der Waals surface area (Å²) < 4.78 is 9.92. The predicted molar refractivity (Wildman–Crippen MR) is 81.2 cm³/mol. The lowest BCUT2D eigenvalue weighted by Gasteiger charge is -2.10. The van der Waals surface area contributed by atoms with Crippen molar-refractivity contribution in [3.05, 3.63) is 64.8 Å². The maximum Gasteiger partial charge on any atom is 0.335 e. The Labute approximate surface area is 125 Å². The van der Waals surface area contributed by atoms with E-state index in [-0.39, 0.29) is 5.56 Å². The molecule has 2 aromatic heterocycles. The van der Waals surface area contributed by atoms with Gasteiger partial charge in [0.1, 0.15) is 12.0 Å². The number of rotatable bonds is 3. The SMILES string of the molecule is COc1cc(NC(=O)c2ccc(=O)oc2)c2ncccc2c1. The number of benzene rings is 1. The molecule has 6 heteroatoms. The van der Waals surface area contributed by atoms with Gasteiger partial charge in [-0.1, -0.05) is 6.07 Å². The zero-order valence-corrected chi connectivity index (χ0v) is 11.7. The van der Waals surface area contributed by atoms with E-state index in [1.165, 1.54) is 12.1 Å². The summed E-state index contributed by atoms with van der Waals surface area (Å²) in [4.78, 5) is 27.4. The minimum absolute atomic E-state index is 0.242. The van der Waals surface area contributed by atoms with E-state index < -0.39 is 11.5 Å². The smallest absolute Gasteiger partial charge is 0.335 e. The van der Waals surface area contributed by atoms with Crippen LogP contribution >= 0.6 is 0 Å². The van der Waals surface area contributed by atoms with Crippen LogP contribution in [0.25, 0.3) is 10.9 Å². The number of hydrogen-bond acceptors (Lipinski definition) is 5. The highest BCUT2D eigenvalue weighted by Gasteiger charge is 2.11. The lowest BCUT2D eigenvalue weighted by Crippen LogP contribution is -2.13. The molecule has 0 aliphatic rings. The molecular formula is C16H12N2O4. The third-order valence-electron chi connectivity index (χ3n) is 3.13. The van der Waals surface area contributed by atoms with Crippen LogP contribution < -0.4 is 15.7 Å². The largest absolute Gasteiger partial charge is 0.497 e. The zero-order valence-electron chi connectivity index (χ0n) is 11.7. The molecule has 0 saturated heterocycles. The highest BCUT2D eigenvalue weighted by molar-refractivity contribution is 6.08. The Morgan fingerprint density at radius 3 is 2.86 bits per heavy atom. The van der Waals surface area contributed by atoms with E-state index in [1.54, 1.807) is 25.4 Å². The van der Waals surface area contributed by atoms with Gasteiger partial charge in [-0.2, -0.15) is 0 Å². The number of fused-ring (bicyclic) bond motifs is 1. The van der Waals surface area contributed by atoms with Crippen LogP contribution in [0.5, 0.6) is 5.75 Å². The van der Waals surface area contributed by atoms with Crippen LogP contribution in [0.3, 0.4) is 0 Å². The summed E-state index contributed by atoms with van der Waals surface area (Å²) in [5.74, 6) is 0.208. The van der Waals surface area contributed by atoms with E-state index in [0.717, 1.165) is 11.6 Å². The van der Waals surface area contributed by atoms with Crippen molar-refractivity contribution in [1.82, 2.24) is 4.98 Å². The minimum atomic E-state index is -0.509. The number of amides is 1. The average molecular weight is 296 g/mol. The Balaban J connectivity index is 2.00. The fourth-order valence-electron chi connectivity index (χ4n) is 2.06. The topological polar surface area (TPSA) is 81.4 Å². The molecule has 2 heterocycles. The Morgan fingerprint density at radius 2 is 2.14 bits per heavy atom. The molecule has 1 aromatic carbocycles. The van der Waals surface area contributed by atoms with E-state index in [1.807, 2.05) is 12.1 Å². The number of anilines is 1. The quantitative estimate of drug-likeness (QED) is 0.803. The van der Waals surface area contributed by atoms with Gasteiger partial charge in [-0.05, 0) is 18.2 Å². The molecule has 3 aromatic rings. The molecule has 0 unspecified atom stereocenters. The van der Waals surface area contributed by atoms with E-state index in [4.69, 9.17) is 9.15 Å². The summed E-state index contributed by atoms with van der Waals surface area (Å²) in [5.41, 5.74) is 0.900. The number of hydrogen-bond donors (Lipinski definition) is 1. The molecule has 0 saturated carbocycles. The second-order valence-electron chi connectivity index (χ2n) is 4.55. The van der Waals surface area contributed by atoms with Crippen molar-refractivity contribution in [1.29, 1.82) is 0 Å². The fourth-order valence-corrected chi connectivity index (χ4v) is 2.06. The summed E-state index contributed by atoms with van der Waals surface area (Å²) >= 11 is 0. The zero-order chi connectivity index (χ0) is 15.5. The number of nitrogens with zero attached hydrogens (tertiary/aromatic N) is 1. The molecule has 6 nitrogen and oxygen atoms in total.